The van der Waals surface area contributed by atoms with Crippen LogP contribution in [-0.4, -0.2) is 110 Å². The number of aromatic nitrogens is 3. The highest BCUT2D eigenvalue weighted by Gasteiger charge is 2.34. The summed E-state index contributed by atoms with van der Waals surface area (Å²) in [5.74, 6) is -5.75. The largest absolute Gasteiger partial charge is 0.480 e. The number of nitrogens with zero attached hydrogens (tertiary/aromatic N) is 1. The Labute approximate surface area is 364 Å². The summed E-state index contributed by atoms with van der Waals surface area (Å²) in [6.45, 7) is 6.60. The van der Waals surface area contributed by atoms with Gasteiger partial charge in [0, 0.05) is 56.0 Å². The van der Waals surface area contributed by atoms with E-state index in [4.69, 9.17) is 11.1 Å². The van der Waals surface area contributed by atoms with E-state index in [-0.39, 0.29) is 56.9 Å². The molecular formula is C43H58N12O8. The minimum Gasteiger partial charge on any atom is -0.480 e. The van der Waals surface area contributed by atoms with Gasteiger partial charge in [-0.2, -0.15) is 0 Å². The molecule has 0 saturated heterocycles. The quantitative estimate of drug-likeness (QED) is 0.0258. The van der Waals surface area contributed by atoms with Crippen LogP contribution in [0.1, 0.15) is 63.8 Å². The summed E-state index contributed by atoms with van der Waals surface area (Å²) >= 11 is 0. The maximum atomic E-state index is 14.5. The molecule has 63 heavy (non-hydrogen) atoms. The van der Waals surface area contributed by atoms with Gasteiger partial charge in [-0.15, -0.1) is 0 Å². The number of carboxylic acids is 1. The molecule has 2 aromatic carbocycles. The number of H-pyrrole nitrogens is 2. The number of hydrogen-bond donors (Lipinski definition) is 12. The average molecular weight is 871 g/mol. The summed E-state index contributed by atoms with van der Waals surface area (Å²) in [5.41, 5.74) is 7.94. The molecule has 4 rings (SSSR count). The number of amides is 6. The maximum absolute atomic E-state index is 14.5. The third-order valence-electron chi connectivity index (χ3n) is 10.0. The van der Waals surface area contributed by atoms with Crippen LogP contribution >= 0.6 is 0 Å². The third kappa shape index (κ3) is 15.6. The predicted molar refractivity (Wildman–Crippen MR) is 234 cm³/mol. The van der Waals surface area contributed by atoms with Crippen molar-refractivity contribution in [2.75, 3.05) is 6.54 Å². The summed E-state index contributed by atoms with van der Waals surface area (Å²) in [5, 5.41) is 37.0. The zero-order valence-corrected chi connectivity index (χ0v) is 35.7. The molecule has 0 spiro atoms. The van der Waals surface area contributed by atoms with Crippen molar-refractivity contribution >= 4 is 58.3 Å². The minimum absolute atomic E-state index is 0.0142. The number of carbonyl (C=O) groups excluding carboxylic acids is 6. The Hall–Kier alpha value is -7.25. The smallest absolute Gasteiger partial charge is 0.326 e. The number of guanidine groups is 1. The topological polar surface area (TPSA) is 318 Å². The molecule has 338 valence electrons. The molecule has 0 bridgehead atoms. The number of carboxylic acid groups (broad SMARTS) is 1. The first-order valence-electron chi connectivity index (χ1n) is 20.7. The number of nitrogens with two attached hydrogens (primary N) is 1. The van der Waals surface area contributed by atoms with Crippen LogP contribution in [0, 0.1) is 11.3 Å². The second kappa shape index (κ2) is 23.7. The zero-order valence-electron chi connectivity index (χ0n) is 35.7. The Balaban J connectivity index is 1.64. The van der Waals surface area contributed by atoms with E-state index in [0.29, 0.717) is 16.8 Å². The van der Waals surface area contributed by atoms with E-state index in [0.717, 1.165) is 10.9 Å². The van der Waals surface area contributed by atoms with Gasteiger partial charge in [-0.3, -0.25) is 34.2 Å². The number of nitrogens with one attached hydrogen (secondary N) is 10. The summed E-state index contributed by atoms with van der Waals surface area (Å²) < 4.78 is 0. The lowest BCUT2D eigenvalue weighted by atomic mass is 10.00. The number of aromatic amines is 2. The van der Waals surface area contributed by atoms with Crippen molar-refractivity contribution in [2.24, 2.45) is 11.7 Å². The van der Waals surface area contributed by atoms with E-state index in [1.165, 1.54) is 26.4 Å². The third-order valence-corrected chi connectivity index (χ3v) is 10.0. The van der Waals surface area contributed by atoms with Crippen LogP contribution in [0.4, 0.5) is 0 Å². The van der Waals surface area contributed by atoms with Crippen molar-refractivity contribution < 1.29 is 38.7 Å². The SMILES string of the molecule is CC(=O)N[C@@H](C)C(=O)N[C@@H](CC(C)C)C(=O)N[C@@H](CCCNC(=N)N)C(=O)N[C@@H](Cc1ccccc1)C(=O)N[C@@H](Cc1c[nH]c2ccccc12)C(=O)N[C@@H](Cc1c[nH]cn1)C(=O)O. The van der Waals surface area contributed by atoms with Crippen molar-refractivity contribution in [3.63, 3.8) is 0 Å². The monoisotopic (exact) mass is 870 g/mol. The molecular weight excluding hydrogens is 813 g/mol. The molecule has 0 unspecified atom stereocenters. The number of para-hydroxylation sites is 1. The lowest BCUT2D eigenvalue weighted by molar-refractivity contribution is -0.142. The van der Waals surface area contributed by atoms with Gasteiger partial charge in [0.1, 0.15) is 36.3 Å². The zero-order chi connectivity index (χ0) is 46.1. The minimum atomic E-state index is -1.40. The van der Waals surface area contributed by atoms with Crippen LogP contribution in [0.3, 0.4) is 0 Å². The molecule has 6 amide bonds. The first kappa shape index (κ1) is 48.4. The second-order valence-corrected chi connectivity index (χ2v) is 15.7. The second-order valence-electron chi connectivity index (χ2n) is 15.7. The molecule has 20 heteroatoms. The molecule has 0 aliphatic heterocycles. The molecule has 2 heterocycles. The van der Waals surface area contributed by atoms with Crippen molar-refractivity contribution in [3.05, 3.63) is 90.1 Å². The molecule has 0 aliphatic rings. The van der Waals surface area contributed by atoms with Gasteiger partial charge < -0.3 is 58.0 Å². The molecule has 0 fully saturated rings. The van der Waals surface area contributed by atoms with Crippen LogP contribution in [-0.2, 0) is 52.8 Å². The Morgan fingerprint density at radius 3 is 1.92 bits per heavy atom. The number of carbonyl (C=O) groups is 7. The highest BCUT2D eigenvalue weighted by Crippen LogP contribution is 2.20. The van der Waals surface area contributed by atoms with Gasteiger partial charge in [-0.1, -0.05) is 62.4 Å². The van der Waals surface area contributed by atoms with Crippen molar-refractivity contribution in [1.29, 1.82) is 5.41 Å². The van der Waals surface area contributed by atoms with Crippen molar-refractivity contribution in [3.8, 4) is 0 Å². The van der Waals surface area contributed by atoms with Gasteiger partial charge in [0.25, 0.3) is 0 Å². The fourth-order valence-corrected chi connectivity index (χ4v) is 6.86. The summed E-state index contributed by atoms with van der Waals surface area (Å²) in [4.78, 5) is 104. The summed E-state index contributed by atoms with van der Waals surface area (Å²) in [7, 11) is 0. The first-order valence-corrected chi connectivity index (χ1v) is 20.7. The van der Waals surface area contributed by atoms with Gasteiger partial charge in [0.2, 0.25) is 35.4 Å². The van der Waals surface area contributed by atoms with Crippen LogP contribution in [0.25, 0.3) is 10.9 Å². The summed E-state index contributed by atoms with van der Waals surface area (Å²) in [6, 6.07) is 8.77. The van der Waals surface area contributed by atoms with Gasteiger partial charge in [0.05, 0.1) is 12.0 Å². The molecule has 0 aliphatic carbocycles. The van der Waals surface area contributed by atoms with Crippen molar-refractivity contribution in [1.82, 2.24) is 52.2 Å². The van der Waals surface area contributed by atoms with Gasteiger partial charge in [-0.25, -0.2) is 9.78 Å². The number of aliphatic carboxylic acids is 1. The Morgan fingerprint density at radius 2 is 1.30 bits per heavy atom. The van der Waals surface area contributed by atoms with E-state index in [9.17, 15) is 38.7 Å². The van der Waals surface area contributed by atoms with Crippen LogP contribution in [0.15, 0.2) is 73.3 Å². The number of fused-ring (bicyclic) bond motifs is 1. The highest BCUT2D eigenvalue weighted by molar-refractivity contribution is 5.97. The fourth-order valence-electron chi connectivity index (χ4n) is 6.86. The van der Waals surface area contributed by atoms with Gasteiger partial charge >= 0.3 is 5.97 Å². The maximum Gasteiger partial charge on any atom is 0.326 e. The number of benzene rings is 2. The van der Waals surface area contributed by atoms with E-state index < -0.39 is 77.7 Å². The van der Waals surface area contributed by atoms with Crippen molar-refractivity contribution in [2.45, 2.75) is 102 Å². The van der Waals surface area contributed by atoms with Crippen LogP contribution < -0.4 is 43.0 Å². The molecule has 6 atom stereocenters. The number of imidazole rings is 1. The molecule has 4 aromatic rings. The number of rotatable bonds is 24. The van der Waals surface area contributed by atoms with Crippen LogP contribution in [0.2, 0.25) is 0 Å². The highest BCUT2D eigenvalue weighted by atomic mass is 16.4. The lowest BCUT2D eigenvalue weighted by Gasteiger charge is -2.28. The average Bonchev–Trinajstić information content (AvgIpc) is 3.90. The fraction of sp³-hybridized carbons (Fsp3) is 0.419. The number of hydrogen-bond acceptors (Lipinski definition) is 9. The Bertz CT molecular complexity index is 2190. The molecule has 0 saturated carbocycles. The van der Waals surface area contributed by atoms with Crippen LogP contribution in [0.5, 0.6) is 0 Å². The summed E-state index contributed by atoms with van der Waals surface area (Å²) in [6.07, 6.45) is 4.78. The van der Waals surface area contributed by atoms with Gasteiger partial charge in [0.15, 0.2) is 5.96 Å². The van der Waals surface area contributed by atoms with Gasteiger partial charge in [-0.05, 0) is 49.3 Å². The Morgan fingerprint density at radius 1 is 0.714 bits per heavy atom. The predicted octanol–water partition coefficient (Wildman–Crippen LogP) is 0.261. The molecule has 0 radical (unpaired) electrons. The molecule has 20 nitrogen and oxygen atoms in total. The molecule has 13 N–H and O–H groups in total. The first-order chi connectivity index (χ1) is 30.0. The normalized spacial score (nSPS) is 13.9. The lowest BCUT2D eigenvalue weighted by Crippen LogP contribution is -2.60. The molecule has 2 aromatic heterocycles. The Kier molecular flexibility index (Phi) is 18.2. The standard InChI is InChI=1S/C43H58N12O8/c1-24(2)17-33(52-37(57)25(3)50-26(4)56)39(59)51-32(15-10-16-47-43(44)45)38(58)53-34(18-27-11-6-5-7-12-27)40(60)54-35(19-28-21-48-31-14-9-8-13-30(28)31)41(61)55-36(42(62)63)20-29-22-46-23-49-29/h5-9,11-14,21-25,32-36,48H,10,15-20H2,1-4H3,(H,46,49)(H,50,56)(H,51,59)(H,52,57)(H,53,58)(H,54,60)(H,55,61)(H,62,63)(H4,44,45,47)/t25-,32-,33-,34-,35-,36-/m0/s1. The van der Waals surface area contributed by atoms with E-state index in [2.05, 4.69) is 52.2 Å². The van der Waals surface area contributed by atoms with E-state index in [1.54, 1.807) is 36.5 Å². The van der Waals surface area contributed by atoms with E-state index >= 15 is 0 Å². The van der Waals surface area contributed by atoms with E-state index in [1.807, 2.05) is 38.1 Å².